The van der Waals surface area contributed by atoms with Gasteiger partial charge in [0.1, 0.15) is 5.69 Å². The quantitative estimate of drug-likeness (QED) is 0.101. The van der Waals surface area contributed by atoms with E-state index >= 15 is 0 Å². The Morgan fingerprint density at radius 2 is 1.93 bits per heavy atom. The van der Waals surface area contributed by atoms with E-state index in [0.717, 1.165) is 38.4 Å². The number of nitro groups is 1. The van der Waals surface area contributed by atoms with E-state index in [1.54, 1.807) is 25.2 Å². The molecule has 0 aliphatic rings. The average molecular weight is 506 g/mol. The van der Waals surface area contributed by atoms with Crippen LogP contribution in [0.3, 0.4) is 0 Å². The van der Waals surface area contributed by atoms with Crippen molar-refractivity contribution >= 4 is 41.3 Å². The monoisotopic (exact) mass is 506 g/mol. The van der Waals surface area contributed by atoms with E-state index < -0.39 is 0 Å². The highest BCUT2D eigenvalue weighted by atomic mass is 127. The molecule has 1 unspecified atom stereocenters. The van der Waals surface area contributed by atoms with Gasteiger partial charge in [-0.05, 0) is 45.5 Å². The highest BCUT2D eigenvalue weighted by molar-refractivity contribution is 14.0. The molecule has 0 spiro atoms. The van der Waals surface area contributed by atoms with Gasteiger partial charge in [0.05, 0.1) is 4.92 Å². The molecule has 0 saturated heterocycles. The lowest BCUT2D eigenvalue weighted by atomic mass is 10.2. The van der Waals surface area contributed by atoms with Crippen molar-refractivity contribution in [3.8, 4) is 0 Å². The van der Waals surface area contributed by atoms with Gasteiger partial charge in [0.2, 0.25) is 0 Å². The maximum absolute atomic E-state index is 11.0. The van der Waals surface area contributed by atoms with E-state index in [-0.39, 0.29) is 34.6 Å². The summed E-state index contributed by atoms with van der Waals surface area (Å²) in [6, 6.07) is 6.98. The van der Waals surface area contributed by atoms with Crippen molar-refractivity contribution in [2.24, 2.45) is 4.99 Å². The van der Waals surface area contributed by atoms with E-state index in [1.807, 2.05) is 0 Å². The lowest BCUT2D eigenvalue weighted by Gasteiger charge is -2.21. The minimum atomic E-state index is -0.379. The number of nitrogens with one attached hydrogen (secondary N) is 3. The number of rotatable bonds is 12. The topological polar surface area (TPSA) is 94.8 Å². The summed E-state index contributed by atoms with van der Waals surface area (Å²) in [6.07, 6.45) is 2.22. The van der Waals surface area contributed by atoms with Gasteiger partial charge in [0.25, 0.3) is 5.69 Å². The number of hydrogen-bond donors (Lipinski definition) is 3. The molecule has 28 heavy (non-hydrogen) atoms. The number of nitrogens with zero attached hydrogens (tertiary/aromatic N) is 3. The van der Waals surface area contributed by atoms with E-state index in [4.69, 9.17) is 0 Å². The number of hydrogen-bond acceptors (Lipinski definition) is 5. The molecule has 8 nitrogen and oxygen atoms in total. The van der Waals surface area contributed by atoms with Gasteiger partial charge in [-0.2, -0.15) is 0 Å². The van der Waals surface area contributed by atoms with E-state index in [9.17, 15) is 10.1 Å². The highest BCUT2D eigenvalue weighted by Gasteiger charge is 2.11. The molecule has 0 aliphatic heterocycles. The van der Waals surface area contributed by atoms with Gasteiger partial charge in [-0.1, -0.05) is 26.0 Å². The maximum atomic E-state index is 11.0. The molecule has 3 N–H and O–H groups in total. The molecule has 0 fully saturated rings. The fourth-order valence-corrected chi connectivity index (χ4v) is 2.82. The Balaban J connectivity index is 0.00000729. The van der Waals surface area contributed by atoms with Crippen molar-refractivity contribution in [3.63, 3.8) is 0 Å². The molecule has 0 heterocycles. The van der Waals surface area contributed by atoms with Crippen molar-refractivity contribution in [1.82, 2.24) is 15.5 Å². The summed E-state index contributed by atoms with van der Waals surface area (Å²) >= 11 is 0. The van der Waals surface area contributed by atoms with Crippen LogP contribution in [0.2, 0.25) is 0 Å². The van der Waals surface area contributed by atoms with E-state index in [1.165, 1.54) is 6.07 Å². The van der Waals surface area contributed by atoms with Crippen LogP contribution < -0.4 is 16.0 Å². The van der Waals surface area contributed by atoms with Gasteiger partial charge in [-0.3, -0.25) is 15.1 Å². The zero-order valence-electron chi connectivity index (χ0n) is 17.4. The van der Waals surface area contributed by atoms with Gasteiger partial charge < -0.3 is 20.9 Å². The van der Waals surface area contributed by atoms with Crippen molar-refractivity contribution in [1.29, 1.82) is 0 Å². The molecular weight excluding hydrogens is 471 g/mol. The number of anilines is 1. The third-order valence-corrected chi connectivity index (χ3v) is 4.45. The van der Waals surface area contributed by atoms with Crippen LogP contribution in [0.5, 0.6) is 0 Å². The van der Waals surface area contributed by atoms with Gasteiger partial charge in [0.15, 0.2) is 5.96 Å². The molecule has 0 saturated carbocycles. The molecule has 1 atom stereocenters. The van der Waals surface area contributed by atoms with Gasteiger partial charge in [0, 0.05) is 32.2 Å². The Kier molecular flexibility index (Phi) is 14.4. The first-order valence-electron chi connectivity index (χ1n) is 9.68. The van der Waals surface area contributed by atoms with Crippen LogP contribution >= 0.6 is 24.0 Å². The number of aliphatic imine (C=N–C) groups is 1. The fraction of sp³-hybridized carbons (Fsp3) is 0.632. The zero-order valence-corrected chi connectivity index (χ0v) is 19.7. The van der Waals surface area contributed by atoms with Crippen LogP contribution in [0.25, 0.3) is 0 Å². The second kappa shape index (κ2) is 15.3. The van der Waals surface area contributed by atoms with Gasteiger partial charge in [-0.15, -0.1) is 24.0 Å². The third-order valence-electron chi connectivity index (χ3n) is 4.45. The number of halogens is 1. The second-order valence-electron chi connectivity index (χ2n) is 6.41. The second-order valence-corrected chi connectivity index (χ2v) is 6.41. The Morgan fingerprint density at radius 1 is 1.25 bits per heavy atom. The Morgan fingerprint density at radius 3 is 2.54 bits per heavy atom. The summed E-state index contributed by atoms with van der Waals surface area (Å²) in [4.78, 5) is 17.3. The summed E-state index contributed by atoms with van der Waals surface area (Å²) in [5.74, 6) is 0.745. The molecule has 0 aliphatic carbocycles. The smallest absolute Gasteiger partial charge is 0.292 e. The molecule has 9 heteroatoms. The lowest BCUT2D eigenvalue weighted by Crippen LogP contribution is -2.43. The minimum absolute atomic E-state index is 0. The van der Waals surface area contributed by atoms with Crippen LogP contribution in [0.15, 0.2) is 29.3 Å². The fourth-order valence-electron chi connectivity index (χ4n) is 2.82. The molecular formula is C19H35IN6O2. The maximum Gasteiger partial charge on any atom is 0.292 e. The first kappa shape index (κ1) is 26.4. The lowest BCUT2D eigenvalue weighted by molar-refractivity contribution is -0.384. The van der Waals surface area contributed by atoms with Crippen molar-refractivity contribution in [3.05, 3.63) is 34.4 Å². The molecule has 1 aromatic carbocycles. The molecule has 0 bridgehead atoms. The molecule has 1 rings (SSSR count). The van der Waals surface area contributed by atoms with Crippen LogP contribution in [0.4, 0.5) is 11.4 Å². The highest BCUT2D eigenvalue weighted by Crippen LogP contribution is 2.22. The Labute approximate surface area is 185 Å². The standard InChI is InChI=1S/C19H34N6O2.HI/c1-5-24(6-2)15-9-10-16(3)23-19(20-4)22-14-13-21-17-11-7-8-12-18(17)25(26)27;/h7-8,11-12,16,21H,5-6,9-10,13-15H2,1-4H3,(H2,20,22,23);1H. The number of guanidine groups is 1. The van der Waals surface area contributed by atoms with Gasteiger partial charge >= 0.3 is 0 Å². The third kappa shape index (κ3) is 10.1. The predicted molar refractivity (Wildman–Crippen MR) is 128 cm³/mol. The molecule has 0 amide bonds. The largest absolute Gasteiger partial charge is 0.378 e. The van der Waals surface area contributed by atoms with Crippen molar-refractivity contribution in [2.75, 3.05) is 45.1 Å². The SMILES string of the molecule is CCN(CC)CCCC(C)NC(=NC)NCCNc1ccccc1[N+](=O)[O-].I. The van der Waals surface area contributed by atoms with Crippen LogP contribution in [-0.4, -0.2) is 61.6 Å². The summed E-state index contributed by atoms with van der Waals surface area (Å²) in [5.41, 5.74) is 0.610. The summed E-state index contributed by atoms with van der Waals surface area (Å²) < 4.78 is 0. The van der Waals surface area contributed by atoms with Crippen molar-refractivity contribution in [2.45, 2.75) is 39.7 Å². The summed E-state index contributed by atoms with van der Waals surface area (Å²) in [7, 11) is 1.74. The normalized spacial score (nSPS) is 12.2. The van der Waals surface area contributed by atoms with Crippen LogP contribution in [0.1, 0.15) is 33.6 Å². The number of benzene rings is 1. The summed E-state index contributed by atoms with van der Waals surface area (Å²) in [6.45, 7) is 11.0. The van der Waals surface area contributed by atoms with Crippen molar-refractivity contribution < 1.29 is 4.92 Å². The predicted octanol–water partition coefficient (Wildman–Crippen LogP) is 3.30. The molecule has 160 valence electrons. The zero-order chi connectivity index (χ0) is 20.1. The van der Waals surface area contributed by atoms with Crippen LogP contribution in [0, 0.1) is 10.1 Å². The Bertz CT molecular complexity index is 596. The molecule has 0 radical (unpaired) electrons. The molecule has 1 aromatic rings. The Hall–Kier alpha value is -1.62. The molecule has 0 aromatic heterocycles. The average Bonchev–Trinajstić information content (AvgIpc) is 2.67. The number of para-hydroxylation sites is 2. The van der Waals surface area contributed by atoms with Crippen LogP contribution in [-0.2, 0) is 0 Å². The van der Waals surface area contributed by atoms with E-state index in [0.29, 0.717) is 24.8 Å². The van der Waals surface area contributed by atoms with E-state index in [2.05, 4.69) is 46.6 Å². The summed E-state index contributed by atoms with van der Waals surface area (Å²) in [5, 5.41) is 20.7. The first-order chi connectivity index (χ1) is 13.0. The number of nitro benzene ring substituents is 1. The van der Waals surface area contributed by atoms with Gasteiger partial charge in [-0.25, -0.2) is 0 Å². The first-order valence-corrected chi connectivity index (χ1v) is 9.68. The minimum Gasteiger partial charge on any atom is -0.378 e.